The number of carbonyl (C=O) groups is 1. The van der Waals surface area contributed by atoms with Crippen molar-refractivity contribution in [2.24, 2.45) is 11.8 Å². The Bertz CT molecular complexity index is 416. The van der Waals surface area contributed by atoms with Crippen molar-refractivity contribution < 1.29 is 15.0 Å². The number of nitrogens with zero attached hydrogens (tertiary/aromatic N) is 2. The molecule has 0 radical (unpaired) electrons. The molecule has 6 atom stereocenters. The lowest BCUT2D eigenvalue weighted by Crippen LogP contribution is -2.66. The molecule has 20 heavy (non-hydrogen) atoms. The van der Waals surface area contributed by atoms with E-state index in [1.54, 1.807) is 0 Å². The van der Waals surface area contributed by atoms with Crippen LogP contribution in [0.4, 0.5) is 0 Å². The lowest BCUT2D eigenvalue weighted by Gasteiger charge is -2.57. The number of piperidine rings is 4. The highest BCUT2D eigenvalue weighted by Crippen LogP contribution is 2.42. The second-order valence-corrected chi connectivity index (χ2v) is 7.15. The van der Waals surface area contributed by atoms with Gasteiger partial charge in [0.1, 0.15) is 6.10 Å². The monoisotopic (exact) mass is 280 g/mol. The van der Waals surface area contributed by atoms with Gasteiger partial charge in [0.25, 0.3) is 5.91 Å². The summed E-state index contributed by atoms with van der Waals surface area (Å²) in [5.41, 5.74) is 0. The quantitative estimate of drug-likeness (QED) is 0.646. The third-order valence-electron chi connectivity index (χ3n) is 6.03. The molecule has 4 heterocycles. The van der Waals surface area contributed by atoms with Gasteiger partial charge in [0, 0.05) is 31.7 Å². The highest BCUT2D eigenvalue weighted by Gasteiger charge is 2.50. The fraction of sp³-hybridized carbons (Fsp3) is 0.933. The molecule has 2 bridgehead atoms. The van der Waals surface area contributed by atoms with Gasteiger partial charge in [0.2, 0.25) is 0 Å². The van der Waals surface area contributed by atoms with Crippen LogP contribution in [0.3, 0.4) is 0 Å². The van der Waals surface area contributed by atoms with E-state index in [0.717, 1.165) is 38.9 Å². The van der Waals surface area contributed by atoms with E-state index in [2.05, 4.69) is 4.90 Å². The van der Waals surface area contributed by atoms with Crippen LogP contribution in [0.1, 0.15) is 32.1 Å². The van der Waals surface area contributed by atoms with Crippen LogP contribution < -0.4 is 0 Å². The molecule has 2 N–H and O–H groups in total. The van der Waals surface area contributed by atoms with Gasteiger partial charge in [-0.1, -0.05) is 0 Å². The third-order valence-corrected chi connectivity index (χ3v) is 6.03. The Labute approximate surface area is 119 Å². The molecule has 4 fully saturated rings. The lowest BCUT2D eigenvalue weighted by atomic mass is 9.70. The fourth-order valence-electron chi connectivity index (χ4n) is 5.07. The van der Waals surface area contributed by atoms with Crippen LogP contribution in [-0.2, 0) is 4.79 Å². The number of hydrogen-bond donors (Lipinski definition) is 2. The molecular formula is C15H24N2O3. The number of aliphatic hydroxyl groups excluding tert-OH is 2. The lowest BCUT2D eigenvalue weighted by molar-refractivity contribution is -0.161. The minimum atomic E-state index is -0.780. The van der Waals surface area contributed by atoms with Crippen molar-refractivity contribution in [3.8, 4) is 0 Å². The third kappa shape index (κ3) is 1.90. The standard InChI is InChI=1S/C15H24N2O3/c18-11-3-4-16-7-9-5-10(13(16)6-11)8-17-12(9)1-2-14(19)15(17)20/h9-14,18-19H,1-8H2/t9-,10-,11-,12+,13-,14-/m0/s1. The molecule has 1 amide bonds. The normalized spacial score (nSPS) is 48.7. The molecule has 112 valence electrons. The molecule has 0 aromatic rings. The molecule has 4 aliphatic rings. The second-order valence-electron chi connectivity index (χ2n) is 7.15. The number of amides is 1. The molecule has 4 saturated heterocycles. The molecule has 0 spiro atoms. The minimum absolute atomic E-state index is 0.0549. The van der Waals surface area contributed by atoms with Crippen LogP contribution in [0.25, 0.3) is 0 Å². The van der Waals surface area contributed by atoms with Crippen molar-refractivity contribution in [1.82, 2.24) is 9.80 Å². The Morgan fingerprint density at radius 2 is 1.75 bits per heavy atom. The maximum Gasteiger partial charge on any atom is 0.251 e. The van der Waals surface area contributed by atoms with Crippen molar-refractivity contribution in [3.05, 3.63) is 0 Å². The number of hydrogen-bond acceptors (Lipinski definition) is 4. The molecule has 0 aliphatic carbocycles. The van der Waals surface area contributed by atoms with Crippen molar-refractivity contribution in [3.63, 3.8) is 0 Å². The highest BCUT2D eigenvalue weighted by molar-refractivity contribution is 5.82. The molecule has 0 aromatic heterocycles. The smallest absolute Gasteiger partial charge is 0.251 e. The molecular weight excluding hydrogens is 256 g/mol. The molecule has 0 unspecified atom stereocenters. The summed E-state index contributed by atoms with van der Waals surface area (Å²) in [6.07, 6.45) is 3.56. The van der Waals surface area contributed by atoms with Crippen LogP contribution in [0.2, 0.25) is 0 Å². The van der Waals surface area contributed by atoms with Crippen molar-refractivity contribution in [2.45, 2.75) is 56.4 Å². The predicted molar refractivity (Wildman–Crippen MR) is 72.9 cm³/mol. The minimum Gasteiger partial charge on any atom is -0.393 e. The van der Waals surface area contributed by atoms with Crippen LogP contribution in [0.15, 0.2) is 0 Å². The van der Waals surface area contributed by atoms with Gasteiger partial charge >= 0.3 is 0 Å². The van der Waals surface area contributed by atoms with E-state index in [0.29, 0.717) is 30.3 Å². The first-order valence-corrected chi connectivity index (χ1v) is 8.04. The SMILES string of the molecule is O=C1[C@@H](O)CC[C@@H]2[C@H]3C[C@@H](CN12)[C@@H]1C[C@@H](O)CCN1C3. The van der Waals surface area contributed by atoms with Gasteiger partial charge < -0.3 is 15.1 Å². The molecule has 5 nitrogen and oxygen atoms in total. The Hall–Kier alpha value is -0.650. The van der Waals surface area contributed by atoms with Gasteiger partial charge in [-0.15, -0.1) is 0 Å². The number of carbonyl (C=O) groups excluding carboxylic acids is 1. The maximum atomic E-state index is 12.2. The number of rotatable bonds is 0. The van der Waals surface area contributed by atoms with E-state index in [1.165, 1.54) is 6.42 Å². The van der Waals surface area contributed by atoms with E-state index in [9.17, 15) is 15.0 Å². The molecule has 0 saturated carbocycles. The topological polar surface area (TPSA) is 64.0 Å². The highest BCUT2D eigenvalue weighted by atomic mass is 16.3. The average molecular weight is 280 g/mol. The van der Waals surface area contributed by atoms with Gasteiger partial charge in [-0.2, -0.15) is 0 Å². The molecule has 5 heteroatoms. The molecule has 4 rings (SSSR count). The first-order valence-electron chi connectivity index (χ1n) is 8.04. The summed E-state index contributed by atoms with van der Waals surface area (Å²) >= 11 is 0. The zero-order chi connectivity index (χ0) is 13.9. The van der Waals surface area contributed by atoms with Gasteiger partial charge in [-0.05, 0) is 43.9 Å². The fourth-order valence-corrected chi connectivity index (χ4v) is 5.07. The Morgan fingerprint density at radius 3 is 2.60 bits per heavy atom. The van der Waals surface area contributed by atoms with E-state index in [4.69, 9.17) is 0 Å². The van der Waals surface area contributed by atoms with Gasteiger partial charge in [0.15, 0.2) is 0 Å². The number of fused-ring (bicyclic) bond motifs is 6. The van der Waals surface area contributed by atoms with Crippen molar-refractivity contribution in [2.75, 3.05) is 19.6 Å². The van der Waals surface area contributed by atoms with Gasteiger partial charge in [-0.25, -0.2) is 0 Å². The second kappa shape index (κ2) is 4.68. The zero-order valence-corrected chi connectivity index (χ0v) is 11.8. The van der Waals surface area contributed by atoms with Crippen LogP contribution in [0.5, 0.6) is 0 Å². The maximum absolute atomic E-state index is 12.2. The Balaban J connectivity index is 1.58. The van der Waals surface area contributed by atoms with E-state index >= 15 is 0 Å². The summed E-state index contributed by atoms with van der Waals surface area (Å²) in [5.74, 6) is 0.992. The summed E-state index contributed by atoms with van der Waals surface area (Å²) in [7, 11) is 0. The average Bonchev–Trinajstić information content (AvgIpc) is 2.44. The van der Waals surface area contributed by atoms with E-state index in [1.807, 2.05) is 4.90 Å². The first kappa shape index (κ1) is 13.0. The van der Waals surface area contributed by atoms with Gasteiger partial charge in [-0.3, -0.25) is 9.69 Å². The Morgan fingerprint density at radius 1 is 0.950 bits per heavy atom. The summed E-state index contributed by atoms with van der Waals surface area (Å²) in [5, 5.41) is 19.7. The zero-order valence-electron chi connectivity index (χ0n) is 11.8. The van der Waals surface area contributed by atoms with Crippen LogP contribution in [-0.4, -0.2) is 69.8 Å². The first-order chi connectivity index (χ1) is 9.63. The summed E-state index contributed by atoms with van der Waals surface area (Å²) in [6.45, 7) is 2.85. The van der Waals surface area contributed by atoms with Crippen molar-refractivity contribution >= 4 is 5.91 Å². The summed E-state index contributed by atoms with van der Waals surface area (Å²) < 4.78 is 0. The van der Waals surface area contributed by atoms with Crippen molar-refractivity contribution in [1.29, 1.82) is 0 Å². The van der Waals surface area contributed by atoms with Crippen LogP contribution >= 0.6 is 0 Å². The number of aliphatic hydroxyl groups is 2. The van der Waals surface area contributed by atoms with Gasteiger partial charge in [0.05, 0.1) is 6.10 Å². The largest absolute Gasteiger partial charge is 0.393 e. The molecule has 0 aromatic carbocycles. The molecule has 4 aliphatic heterocycles. The Kier molecular flexibility index (Phi) is 3.05. The van der Waals surface area contributed by atoms with E-state index in [-0.39, 0.29) is 12.0 Å². The predicted octanol–water partition coefficient (Wildman–Crippen LogP) is -0.187. The van der Waals surface area contributed by atoms with Crippen LogP contribution in [0, 0.1) is 11.8 Å². The summed E-state index contributed by atoms with van der Waals surface area (Å²) in [4.78, 5) is 16.7. The van der Waals surface area contributed by atoms with E-state index < -0.39 is 6.10 Å². The summed E-state index contributed by atoms with van der Waals surface area (Å²) in [6, 6.07) is 0.776.